The lowest BCUT2D eigenvalue weighted by Gasteiger charge is -2.06. The van der Waals surface area contributed by atoms with Crippen LogP contribution in [0.4, 0.5) is 11.4 Å². The highest BCUT2D eigenvalue weighted by Crippen LogP contribution is 2.13. The molecule has 0 aliphatic rings. The Kier molecular flexibility index (Phi) is 7.15. The monoisotopic (exact) mass is 362 g/mol. The average Bonchev–Trinajstić information content (AvgIpc) is 2.68. The maximum absolute atomic E-state index is 12.2. The second-order valence-corrected chi connectivity index (χ2v) is 6.02. The first kappa shape index (κ1) is 19.7. The number of anilines is 2. The molecule has 0 bridgehead atoms. The fourth-order valence-electron chi connectivity index (χ4n) is 2.34. The SMILES string of the molecule is CCCCc1ccc(NC(=O)/C(C#N)=C\NC(=O)c2ccc(N)cc2)cc1. The van der Waals surface area contributed by atoms with E-state index in [2.05, 4.69) is 17.6 Å². The second-order valence-electron chi connectivity index (χ2n) is 6.02. The van der Waals surface area contributed by atoms with Gasteiger partial charge in [0, 0.05) is 23.1 Å². The van der Waals surface area contributed by atoms with Crippen molar-refractivity contribution in [1.29, 1.82) is 5.26 Å². The van der Waals surface area contributed by atoms with Crippen LogP contribution < -0.4 is 16.4 Å². The van der Waals surface area contributed by atoms with Crippen molar-refractivity contribution in [2.24, 2.45) is 0 Å². The van der Waals surface area contributed by atoms with Gasteiger partial charge >= 0.3 is 0 Å². The molecule has 27 heavy (non-hydrogen) atoms. The zero-order valence-electron chi connectivity index (χ0n) is 15.2. The summed E-state index contributed by atoms with van der Waals surface area (Å²) in [6.45, 7) is 2.14. The summed E-state index contributed by atoms with van der Waals surface area (Å²) in [7, 11) is 0. The molecule has 0 unspecified atom stereocenters. The Hall–Kier alpha value is -3.59. The molecular weight excluding hydrogens is 340 g/mol. The third-order valence-electron chi connectivity index (χ3n) is 3.92. The van der Waals surface area contributed by atoms with Crippen LogP contribution in [0.3, 0.4) is 0 Å². The van der Waals surface area contributed by atoms with Gasteiger partial charge in [0.05, 0.1) is 0 Å². The van der Waals surface area contributed by atoms with Gasteiger partial charge in [0.25, 0.3) is 11.8 Å². The molecule has 0 fully saturated rings. The van der Waals surface area contributed by atoms with E-state index in [0.29, 0.717) is 16.9 Å². The Labute approximate surface area is 158 Å². The summed E-state index contributed by atoms with van der Waals surface area (Å²) in [5.74, 6) is -1.02. The molecule has 6 heteroatoms. The van der Waals surface area contributed by atoms with Gasteiger partial charge in [0.15, 0.2) is 0 Å². The van der Waals surface area contributed by atoms with Crippen LogP contribution in [0.2, 0.25) is 0 Å². The van der Waals surface area contributed by atoms with Crippen LogP contribution in [-0.2, 0) is 11.2 Å². The van der Waals surface area contributed by atoms with E-state index < -0.39 is 11.8 Å². The molecule has 2 rings (SSSR count). The molecule has 4 N–H and O–H groups in total. The van der Waals surface area contributed by atoms with E-state index in [1.165, 1.54) is 5.56 Å². The summed E-state index contributed by atoms with van der Waals surface area (Å²) in [4.78, 5) is 24.3. The fourth-order valence-corrected chi connectivity index (χ4v) is 2.34. The van der Waals surface area contributed by atoms with Crippen molar-refractivity contribution in [1.82, 2.24) is 5.32 Å². The van der Waals surface area contributed by atoms with Crippen molar-refractivity contribution in [3.05, 3.63) is 71.4 Å². The molecule has 0 aliphatic heterocycles. The molecule has 6 nitrogen and oxygen atoms in total. The standard InChI is InChI=1S/C21H22N4O2/c1-2-3-4-15-5-11-19(12-6-15)25-21(27)17(13-22)14-24-20(26)16-7-9-18(23)10-8-16/h5-12,14H,2-4,23H2,1H3,(H,24,26)(H,25,27)/b17-14-. The Morgan fingerprint density at radius 1 is 1.11 bits per heavy atom. The quantitative estimate of drug-likeness (QED) is 0.398. The molecule has 0 saturated heterocycles. The molecule has 2 aromatic rings. The predicted molar refractivity (Wildman–Crippen MR) is 106 cm³/mol. The number of aryl methyl sites for hydroxylation is 1. The summed E-state index contributed by atoms with van der Waals surface area (Å²) in [5.41, 5.74) is 8.08. The van der Waals surface area contributed by atoms with Crippen LogP contribution in [0.1, 0.15) is 35.7 Å². The van der Waals surface area contributed by atoms with Gasteiger partial charge in [0.2, 0.25) is 0 Å². The van der Waals surface area contributed by atoms with Crippen molar-refractivity contribution in [3.63, 3.8) is 0 Å². The first-order chi connectivity index (χ1) is 13.0. The lowest BCUT2D eigenvalue weighted by atomic mass is 10.1. The van der Waals surface area contributed by atoms with Gasteiger partial charge < -0.3 is 16.4 Å². The van der Waals surface area contributed by atoms with Crippen LogP contribution in [0.15, 0.2) is 60.3 Å². The normalized spacial score (nSPS) is 10.7. The van der Waals surface area contributed by atoms with Gasteiger partial charge in [-0.2, -0.15) is 5.26 Å². The van der Waals surface area contributed by atoms with E-state index in [4.69, 9.17) is 5.73 Å². The van der Waals surface area contributed by atoms with E-state index in [-0.39, 0.29) is 5.57 Å². The minimum absolute atomic E-state index is 0.200. The Morgan fingerprint density at radius 2 is 1.78 bits per heavy atom. The fraction of sp³-hybridized carbons (Fsp3) is 0.190. The van der Waals surface area contributed by atoms with Crippen molar-refractivity contribution in [3.8, 4) is 6.07 Å². The molecule has 0 aliphatic carbocycles. The third-order valence-corrected chi connectivity index (χ3v) is 3.92. The minimum atomic E-state index is -0.587. The van der Waals surface area contributed by atoms with Crippen LogP contribution >= 0.6 is 0 Å². The number of hydrogen-bond acceptors (Lipinski definition) is 4. The maximum Gasteiger partial charge on any atom is 0.267 e. The number of nitrogen functional groups attached to an aromatic ring is 1. The molecular formula is C21H22N4O2. The van der Waals surface area contributed by atoms with Crippen molar-refractivity contribution >= 4 is 23.2 Å². The van der Waals surface area contributed by atoms with Gasteiger partial charge in [-0.05, 0) is 54.8 Å². The van der Waals surface area contributed by atoms with Gasteiger partial charge in [-0.25, -0.2) is 0 Å². The minimum Gasteiger partial charge on any atom is -0.399 e. The van der Waals surface area contributed by atoms with Gasteiger partial charge in [-0.15, -0.1) is 0 Å². The number of nitrogens with zero attached hydrogens (tertiary/aromatic N) is 1. The van der Waals surface area contributed by atoms with E-state index in [0.717, 1.165) is 25.5 Å². The number of rotatable bonds is 7. The average molecular weight is 362 g/mol. The first-order valence-corrected chi connectivity index (χ1v) is 8.70. The molecule has 138 valence electrons. The smallest absolute Gasteiger partial charge is 0.267 e. The molecule has 0 aromatic heterocycles. The Balaban J connectivity index is 1.98. The molecule has 0 heterocycles. The number of carbonyl (C=O) groups excluding carboxylic acids is 2. The molecule has 0 radical (unpaired) electrons. The number of nitrogens with two attached hydrogens (primary N) is 1. The van der Waals surface area contributed by atoms with E-state index >= 15 is 0 Å². The van der Waals surface area contributed by atoms with Gasteiger partial charge in [0.1, 0.15) is 11.6 Å². The summed E-state index contributed by atoms with van der Waals surface area (Å²) >= 11 is 0. The lowest BCUT2D eigenvalue weighted by Crippen LogP contribution is -2.21. The zero-order chi connectivity index (χ0) is 19.6. The van der Waals surface area contributed by atoms with E-state index in [1.54, 1.807) is 42.5 Å². The number of nitriles is 1. The molecule has 0 atom stereocenters. The van der Waals surface area contributed by atoms with Crippen LogP contribution in [-0.4, -0.2) is 11.8 Å². The number of nitrogens with one attached hydrogen (secondary N) is 2. The van der Waals surface area contributed by atoms with Crippen LogP contribution in [0.25, 0.3) is 0 Å². The largest absolute Gasteiger partial charge is 0.399 e. The van der Waals surface area contributed by atoms with Crippen molar-refractivity contribution < 1.29 is 9.59 Å². The number of hydrogen-bond donors (Lipinski definition) is 3. The van der Waals surface area contributed by atoms with E-state index in [9.17, 15) is 14.9 Å². The molecule has 2 aromatic carbocycles. The van der Waals surface area contributed by atoms with Crippen molar-refractivity contribution in [2.45, 2.75) is 26.2 Å². The lowest BCUT2D eigenvalue weighted by molar-refractivity contribution is -0.112. The number of carbonyl (C=O) groups is 2. The summed E-state index contributed by atoms with van der Waals surface area (Å²) < 4.78 is 0. The molecule has 0 saturated carbocycles. The predicted octanol–water partition coefficient (Wildman–Crippen LogP) is 3.39. The maximum atomic E-state index is 12.2. The topological polar surface area (TPSA) is 108 Å². The number of benzene rings is 2. The number of unbranched alkanes of at least 4 members (excludes halogenated alkanes) is 1. The highest BCUT2D eigenvalue weighted by atomic mass is 16.2. The van der Waals surface area contributed by atoms with E-state index in [1.807, 2.05) is 12.1 Å². The highest BCUT2D eigenvalue weighted by molar-refractivity contribution is 6.07. The summed E-state index contributed by atoms with van der Waals surface area (Å²) in [6, 6.07) is 15.6. The second kappa shape index (κ2) is 9.78. The third kappa shape index (κ3) is 6.01. The van der Waals surface area contributed by atoms with Gasteiger partial charge in [-0.3, -0.25) is 9.59 Å². The highest BCUT2D eigenvalue weighted by Gasteiger charge is 2.11. The number of amides is 2. The summed E-state index contributed by atoms with van der Waals surface area (Å²) in [6.07, 6.45) is 4.33. The summed E-state index contributed by atoms with van der Waals surface area (Å²) in [5, 5.41) is 14.3. The Morgan fingerprint density at radius 3 is 2.37 bits per heavy atom. The zero-order valence-corrected chi connectivity index (χ0v) is 15.2. The van der Waals surface area contributed by atoms with Crippen LogP contribution in [0, 0.1) is 11.3 Å². The van der Waals surface area contributed by atoms with Crippen molar-refractivity contribution in [2.75, 3.05) is 11.1 Å². The van der Waals surface area contributed by atoms with Crippen LogP contribution in [0.5, 0.6) is 0 Å². The Bertz CT molecular complexity index is 863. The van der Waals surface area contributed by atoms with Gasteiger partial charge in [-0.1, -0.05) is 25.5 Å². The molecule has 0 spiro atoms. The first-order valence-electron chi connectivity index (χ1n) is 8.70. The molecule has 2 amide bonds.